The highest BCUT2D eigenvalue weighted by atomic mass is 32.2. The van der Waals surface area contributed by atoms with Gasteiger partial charge in [0.2, 0.25) is 0 Å². The first kappa shape index (κ1) is 18.1. The minimum absolute atomic E-state index is 0.106. The number of aryl methyl sites for hydroxylation is 2. The Morgan fingerprint density at radius 2 is 1.77 bits per heavy atom. The van der Waals surface area contributed by atoms with Crippen molar-refractivity contribution in [1.29, 1.82) is 0 Å². The Morgan fingerprint density at radius 3 is 2.38 bits per heavy atom. The molecule has 0 radical (unpaired) electrons. The van der Waals surface area contributed by atoms with Gasteiger partial charge >= 0.3 is 0 Å². The number of hydrogen-bond acceptors (Lipinski definition) is 4. The van der Waals surface area contributed by atoms with E-state index in [1.807, 2.05) is 32.0 Å². The molecule has 0 unspecified atom stereocenters. The zero-order valence-electron chi connectivity index (χ0n) is 14.9. The van der Waals surface area contributed by atoms with Crippen LogP contribution in [0.25, 0.3) is 0 Å². The summed E-state index contributed by atoms with van der Waals surface area (Å²) in [6.07, 6.45) is 0.527. The molecule has 0 saturated carbocycles. The third-order valence-electron chi connectivity index (χ3n) is 4.42. The molecule has 26 heavy (non-hydrogen) atoms. The molecule has 0 spiro atoms. The van der Waals surface area contributed by atoms with E-state index in [-0.39, 0.29) is 22.6 Å². The van der Waals surface area contributed by atoms with Crippen molar-refractivity contribution in [2.24, 2.45) is 0 Å². The number of nitrogens with one attached hydrogen (secondary N) is 1. The van der Waals surface area contributed by atoms with Gasteiger partial charge in [0, 0.05) is 17.8 Å². The van der Waals surface area contributed by atoms with Crippen molar-refractivity contribution in [3.05, 3.63) is 58.7 Å². The van der Waals surface area contributed by atoms with Gasteiger partial charge in [0.05, 0.1) is 5.56 Å². The van der Waals surface area contributed by atoms with Crippen LogP contribution in [0.4, 0.5) is 5.69 Å². The molecule has 1 N–H and O–H groups in total. The average Bonchev–Trinajstić information content (AvgIpc) is 2.79. The second kappa shape index (κ2) is 6.57. The first-order valence-electron chi connectivity index (χ1n) is 8.36. The molecule has 0 atom stereocenters. The highest BCUT2D eigenvalue weighted by molar-refractivity contribution is 7.90. The molecule has 0 aliphatic carbocycles. The number of amides is 2. The fourth-order valence-electron chi connectivity index (χ4n) is 3.04. The van der Waals surface area contributed by atoms with E-state index in [9.17, 15) is 18.0 Å². The second-order valence-corrected chi connectivity index (χ2v) is 8.14. The van der Waals surface area contributed by atoms with Crippen LogP contribution in [-0.4, -0.2) is 31.1 Å². The number of fused-ring (bicyclic) bond motifs is 1. The van der Waals surface area contributed by atoms with Crippen LogP contribution in [0.2, 0.25) is 0 Å². The molecule has 1 heterocycles. The Bertz CT molecular complexity index is 992. The summed E-state index contributed by atoms with van der Waals surface area (Å²) in [6.45, 7) is 5.70. The Morgan fingerprint density at radius 1 is 1.12 bits per heavy atom. The molecule has 136 valence electrons. The fourth-order valence-corrected chi connectivity index (χ4v) is 4.72. The zero-order valence-corrected chi connectivity index (χ0v) is 15.7. The van der Waals surface area contributed by atoms with Crippen LogP contribution in [0.1, 0.15) is 45.2 Å². The number of para-hydroxylation sites is 1. The Labute approximate surface area is 152 Å². The summed E-state index contributed by atoms with van der Waals surface area (Å²) in [7, 11) is -3.90. The first-order valence-corrected chi connectivity index (χ1v) is 9.80. The summed E-state index contributed by atoms with van der Waals surface area (Å²) in [6, 6.07) is 9.83. The Balaban J connectivity index is 1.97. The summed E-state index contributed by atoms with van der Waals surface area (Å²) >= 11 is 0. The first-order chi connectivity index (χ1) is 12.3. The number of carbonyl (C=O) groups excluding carboxylic acids is 2. The summed E-state index contributed by atoms with van der Waals surface area (Å²) in [5.74, 6) is -0.953. The summed E-state index contributed by atoms with van der Waals surface area (Å²) in [5, 5.41) is 2.83. The lowest BCUT2D eigenvalue weighted by atomic mass is 10.1. The number of carbonyl (C=O) groups is 2. The Kier molecular flexibility index (Phi) is 4.58. The van der Waals surface area contributed by atoms with Gasteiger partial charge in [-0.25, -0.2) is 12.7 Å². The molecule has 1 aliphatic heterocycles. The van der Waals surface area contributed by atoms with Crippen molar-refractivity contribution in [2.45, 2.75) is 32.1 Å². The number of rotatable bonds is 4. The number of benzene rings is 2. The maximum Gasteiger partial charge on any atom is 0.269 e. The van der Waals surface area contributed by atoms with E-state index in [4.69, 9.17) is 0 Å². The maximum atomic E-state index is 12.6. The molecule has 0 saturated heterocycles. The maximum absolute atomic E-state index is 12.6. The highest BCUT2D eigenvalue weighted by Crippen LogP contribution is 2.31. The van der Waals surface area contributed by atoms with Crippen LogP contribution in [-0.2, 0) is 10.0 Å². The largest absolute Gasteiger partial charge is 0.322 e. The number of hydrogen-bond donors (Lipinski definition) is 1. The third kappa shape index (κ3) is 2.88. The minimum atomic E-state index is -3.90. The molecule has 0 bridgehead atoms. The van der Waals surface area contributed by atoms with Crippen molar-refractivity contribution in [2.75, 3.05) is 11.9 Å². The third-order valence-corrected chi connectivity index (χ3v) is 6.24. The second-order valence-electron chi connectivity index (χ2n) is 6.31. The van der Waals surface area contributed by atoms with E-state index >= 15 is 0 Å². The number of anilines is 1. The van der Waals surface area contributed by atoms with Crippen molar-refractivity contribution >= 4 is 27.5 Å². The molecule has 2 aromatic carbocycles. The molecule has 6 nitrogen and oxygen atoms in total. The SMILES string of the molecule is CCCN1C(=O)c2ccc(C(=O)Nc3c(C)cccc3C)cc2S1(=O)=O. The summed E-state index contributed by atoms with van der Waals surface area (Å²) in [5.41, 5.74) is 2.83. The highest BCUT2D eigenvalue weighted by Gasteiger charge is 2.40. The quantitative estimate of drug-likeness (QED) is 0.894. The van der Waals surface area contributed by atoms with Crippen LogP contribution >= 0.6 is 0 Å². The van der Waals surface area contributed by atoms with E-state index in [0.717, 1.165) is 15.4 Å². The smallest absolute Gasteiger partial charge is 0.269 e. The lowest BCUT2D eigenvalue weighted by Gasteiger charge is -2.13. The van der Waals surface area contributed by atoms with Crippen LogP contribution < -0.4 is 5.32 Å². The van der Waals surface area contributed by atoms with Crippen LogP contribution in [0.5, 0.6) is 0 Å². The number of sulfonamides is 1. The standard InChI is InChI=1S/C19H20N2O4S/c1-4-10-21-19(23)15-9-8-14(11-16(15)26(21,24)25)18(22)20-17-12(2)6-5-7-13(17)3/h5-9,11H,4,10H2,1-3H3,(H,20,22). The van der Waals surface area contributed by atoms with Gasteiger partial charge in [-0.15, -0.1) is 0 Å². The molecule has 2 amide bonds. The molecular weight excluding hydrogens is 352 g/mol. The van der Waals surface area contributed by atoms with Crippen LogP contribution in [0.15, 0.2) is 41.3 Å². The van der Waals surface area contributed by atoms with Gasteiger partial charge in [-0.1, -0.05) is 25.1 Å². The van der Waals surface area contributed by atoms with Gasteiger partial charge in [-0.3, -0.25) is 9.59 Å². The molecular formula is C19H20N2O4S. The van der Waals surface area contributed by atoms with E-state index in [0.29, 0.717) is 12.1 Å². The summed E-state index contributed by atoms with van der Waals surface area (Å²) in [4.78, 5) is 24.8. The van der Waals surface area contributed by atoms with Gasteiger partial charge in [0.15, 0.2) is 0 Å². The lowest BCUT2D eigenvalue weighted by molar-refractivity contribution is 0.0870. The Hall–Kier alpha value is -2.67. The van der Waals surface area contributed by atoms with E-state index in [1.54, 1.807) is 6.92 Å². The van der Waals surface area contributed by atoms with Gasteiger partial charge in [-0.05, 0) is 49.6 Å². The molecule has 0 fully saturated rings. The van der Waals surface area contributed by atoms with Crippen molar-refractivity contribution in [3.63, 3.8) is 0 Å². The van der Waals surface area contributed by atoms with E-state index < -0.39 is 21.8 Å². The zero-order chi connectivity index (χ0) is 19.1. The predicted octanol–water partition coefficient (Wildman–Crippen LogP) is 3.11. The van der Waals surface area contributed by atoms with Crippen molar-refractivity contribution in [1.82, 2.24) is 4.31 Å². The summed E-state index contributed by atoms with van der Waals surface area (Å²) < 4.78 is 26.1. The van der Waals surface area contributed by atoms with Crippen molar-refractivity contribution < 1.29 is 18.0 Å². The molecule has 1 aliphatic rings. The van der Waals surface area contributed by atoms with E-state index in [1.165, 1.54) is 18.2 Å². The van der Waals surface area contributed by atoms with E-state index in [2.05, 4.69) is 5.32 Å². The monoisotopic (exact) mass is 372 g/mol. The van der Waals surface area contributed by atoms with Gasteiger partial charge in [0.25, 0.3) is 21.8 Å². The normalized spacial score (nSPS) is 15.0. The predicted molar refractivity (Wildman–Crippen MR) is 98.8 cm³/mol. The molecule has 7 heteroatoms. The lowest BCUT2D eigenvalue weighted by Crippen LogP contribution is -2.30. The van der Waals surface area contributed by atoms with Gasteiger partial charge in [-0.2, -0.15) is 0 Å². The molecule has 2 aromatic rings. The van der Waals surface area contributed by atoms with Gasteiger partial charge in [0.1, 0.15) is 4.90 Å². The van der Waals surface area contributed by atoms with Gasteiger partial charge < -0.3 is 5.32 Å². The molecule has 3 rings (SSSR count). The minimum Gasteiger partial charge on any atom is -0.322 e. The number of nitrogens with zero attached hydrogens (tertiary/aromatic N) is 1. The molecule has 0 aromatic heterocycles. The fraction of sp³-hybridized carbons (Fsp3) is 0.263. The topological polar surface area (TPSA) is 83.6 Å². The van der Waals surface area contributed by atoms with Crippen LogP contribution in [0, 0.1) is 13.8 Å². The van der Waals surface area contributed by atoms with Crippen LogP contribution in [0.3, 0.4) is 0 Å². The van der Waals surface area contributed by atoms with Crippen molar-refractivity contribution in [3.8, 4) is 0 Å². The average molecular weight is 372 g/mol.